The largest absolute Gasteiger partial charge is 0.332 e. The SMILES string of the molecule is CC1CC2CC(=O)C3=CCCN4C(=O)CCC2C34C1. The second kappa shape index (κ2) is 3.71. The van der Waals surface area contributed by atoms with Gasteiger partial charge in [0.2, 0.25) is 5.91 Å². The zero-order chi connectivity index (χ0) is 13.2. The van der Waals surface area contributed by atoms with Gasteiger partial charge < -0.3 is 4.90 Å². The third-order valence-electron chi connectivity index (χ3n) is 5.91. The van der Waals surface area contributed by atoms with Gasteiger partial charge in [-0.25, -0.2) is 0 Å². The first-order valence-electron chi connectivity index (χ1n) is 7.67. The van der Waals surface area contributed by atoms with E-state index in [0.29, 0.717) is 30.0 Å². The molecule has 3 nitrogen and oxygen atoms in total. The summed E-state index contributed by atoms with van der Waals surface area (Å²) >= 11 is 0. The highest BCUT2D eigenvalue weighted by Crippen LogP contribution is 2.58. The van der Waals surface area contributed by atoms with E-state index in [1.54, 1.807) is 0 Å². The molecule has 19 heavy (non-hydrogen) atoms. The van der Waals surface area contributed by atoms with E-state index in [2.05, 4.69) is 17.9 Å². The molecule has 2 saturated carbocycles. The van der Waals surface area contributed by atoms with Gasteiger partial charge in [0.25, 0.3) is 0 Å². The quantitative estimate of drug-likeness (QED) is 0.669. The van der Waals surface area contributed by atoms with Crippen LogP contribution in [0.3, 0.4) is 0 Å². The second-order valence-electron chi connectivity index (χ2n) is 6.95. The van der Waals surface area contributed by atoms with Crippen molar-refractivity contribution in [1.82, 2.24) is 4.90 Å². The number of carbonyl (C=O) groups is 2. The molecule has 102 valence electrons. The van der Waals surface area contributed by atoms with Gasteiger partial charge in [0.15, 0.2) is 5.78 Å². The van der Waals surface area contributed by atoms with Crippen LogP contribution in [0.2, 0.25) is 0 Å². The smallest absolute Gasteiger partial charge is 0.223 e. The fourth-order valence-electron chi connectivity index (χ4n) is 5.48. The average Bonchev–Trinajstić information content (AvgIpc) is 2.35. The first-order valence-corrected chi connectivity index (χ1v) is 7.67. The molecule has 4 atom stereocenters. The first kappa shape index (κ1) is 11.7. The van der Waals surface area contributed by atoms with Crippen molar-refractivity contribution in [3.63, 3.8) is 0 Å². The van der Waals surface area contributed by atoms with Crippen LogP contribution < -0.4 is 0 Å². The summed E-state index contributed by atoms with van der Waals surface area (Å²) in [6.45, 7) is 3.11. The van der Waals surface area contributed by atoms with Gasteiger partial charge in [0.05, 0.1) is 5.54 Å². The lowest BCUT2D eigenvalue weighted by atomic mass is 9.51. The van der Waals surface area contributed by atoms with E-state index >= 15 is 0 Å². The number of hydrogen-bond acceptors (Lipinski definition) is 2. The molecule has 4 unspecified atom stereocenters. The zero-order valence-electron chi connectivity index (χ0n) is 11.5. The highest BCUT2D eigenvalue weighted by Gasteiger charge is 2.61. The molecule has 1 spiro atoms. The predicted octanol–water partition coefficient (Wildman–Crippen LogP) is 2.31. The van der Waals surface area contributed by atoms with Crippen molar-refractivity contribution in [1.29, 1.82) is 0 Å². The zero-order valence-corrected chi connectivity index (χ0v) is 11.5. The van der Waals surface area contributed by atoms with Gasteiger partial charge in [0.1, 0.15) is 0 Å². The van der Waals surface area contributed by atoms with Gasteiger partial charge in [-0.1, -0.05) is 13.0 Å². The Morgan fingerprint density at radius 3 is 3.05 bits per heavy atom. The van der Waals surface area contributed by atoms with Crippen LogP contribution in [0, 0.1) is 17.8 Å². The molecule has 0 aromatic carbocycles. The summed E-state index contributed by atoms with van der Waals surface area (Å²) in [5, 5.41) is 0. The molecule has 0 aromatic heterocycles. The van der Waals surface area contributed by atoms with Crippen molar-refractivity contribution in [2.45, 2.75) is 51.0 Å². The van der Waals surface area contributed by atoms with Crippen LogP contribution in [0.4, 0.5) is 0 Å². The van der Waals surface area contributed by atoms with Gasteiger partial charge in [-0.2, -0.15) is 0 Å². The molecule has 2 bridgehead atoms. The Kier molecular flexibility index (Phi) is 2.28. The Morgan fingerprint density at radius 1 is 1.37 bits per heavy atom. The topological polar surface area (TPSA) is 37.4 Å². The Bertz CT molecular complexity index is 495. The lowest BCUT2D eigenvalue weighted by Gasteiger charge is -2.62. The summed E-state index contributed by atoms with van der Waals surface area (Å²) in [6.07, 6.45) is 7.62. The monoisotopic (exact) mass is 259 g/mol. The molecule has 2 aliphatic heterocycles. The number of Topliss-reactive ketones (excluding diaryl/α,β-unsaturated/α-hetero) is 1. The van der Waals surface area contributed by atoms with Crippen LogP contribution in [0.15, 0.2) is 11.6 Å². The molecule has 4 aliphatic rings. The number of amides is 1. The van der Waals surface area contributed by atoms with E-state index in [0.717, 1.165) is 37.8 Å². The molecule has 1 amide bonds. The molecule has 1 saturated heterocycles. The molecule has 2 aliphatic carbocycles. The lowest BCUT2D eigenvalue weighted by Crippen LogP contribution is -2.69. The van der Waals surface area contributed by atoms with Crippen molar-refractivity contribution < 1.29 is 9.59 Å². The molecule has 3 heteroatoms. The Balaban J connectivity index is 1.91. The Labute approximate surface area is 114 Å². The molecule has 3 fully saturated rings. The Hall–Kier alpha value is -1.12. The summed E-state index contributed by atoms with van der Waals surface area (Å²) in [5.74, 6) is 2.30. The molecule has 0 aromatic rings. The highest BCUT2D eigenvalue weighted by atomic mass is 16.2. The number of nitrogens with zero attached hydrogens (tertiary/aromatic N) is 1. The number of piperidine rings is 1. The summed E-state index contributed by atoms with van der Waals surface area (Å²) < 4.78 is 0. The van der Waals surface area contributed by atoms with Crippen LogP contribution in [-0.2, 0) is 9.59 Å². The maximum Gasteiger partial charge on any atom is 0.223 e. The fourth-order valence-corrected chi connectivity index (χ4v) is 5.48. The summed E-state index contributed by atoms with van der Waals surface area (Å²) in [5.41, 5.74) is 0.797. The van der Waals surface area contributed by atoms with Crippen LogP contribution in [0.25, 0.3) is 0 Å². The standard InChI is InChI=1S/C16H21NO2/c1-10-7-11-8-14(18)13-3-2-6-17-15(19)5-4-12(11)16(13,17)9-10/h3,10-12H,2,4-9H2,1H3. The van der Waals surface area contributed by atoms with Gasteiger partial charge in [0, 0.05) is 25.0 Å². The van der Waals surface area contributed by atoms with E-state index in [9.17, 15) is 9.59 Å². The van der Waals surface area contributed by atoms with Crippen LogP contribution >= 0.6 is 0 Å². The maximum atomic E-state index is 12.5. The molecule has 2 heterocycles. The lowest BCUT2D eigenvalue weighted by molar-refractivity contribution is -0.157. The third-order valence-corrected chi connectivity index (χ3v) is 5.91. The van der Waals surface area contributed by atoms with Gasteiger partial charge in [-0.05, 0) is 43.4 Å². The van der Waals surface area contributed by atoms with Crippen LogP contribution in [0.1, 0.15) is 45.4 Å². The summed E-state index contributed by atoms with van der Waals surface area (Å²) in [4.78, 5) is 26.9. The molecule has 0 radical (unpaired) electrons. The second-order valence-corrected chi connectivity index (χ2v) is 6.95. The van der Waals surface area contributed by atoms with Gasteiger partial charge in [-0.3, -0.25) is 9.59 Å². The van der Waals surface area contributed by atoms with Gasteiger partial charge in [-0.15, -0.1) is 0 Å². The van der Waals surface area contributed by atoms with E-state index in [1.165, 1.54) is 6.42 Å². The van der Waals surface area contributed by atoms with Crippen molar-refractivity contribution in [3.05, 3.63) is 11.6 Å². The molecular formula is C16H21NO2. The number of rotatable bonds is 0. The van der Waals surface area contributed by atoms with Crippen molar-refractivity contribution in [2.75, 3.05) is 6.54 Å². The van der Waals surface area contributed by atoms with E-state index in [4.69, 9.17) is 0 Å². The first-order chi connectivity index (χ1) is 9.13. The van der Waals surface area contributed by atoms with Crippen molar-refractivity contribution >= 4 is 11.7 Å². The minimum absolute atomic E-state index is 0.203. The van der Waals surface area contributed by atoms with Crippen LogP contribution in [0.5, 0.6) is 0 Å². The predicted molar refractivity (Wildman–Crippen MR) is 71.4 cm³/mol. The minimum atomic E-state index is -0.203. The normalized spacial score (nSPS) is 44.8. The van der Waals surface area contributed by atoms with Gasteiger partial charge >= 0.3 is 0 Å². The Morgan fingerprint density at radius 2 is 2.21 bits per heavy atom. The van der Waals surface area contributed by atoms with Crippen molar-refractivity contribution in [2.24, 2.45) is 17.8 Å². The average molecular weight is 259 g/mol. The highest BCUT2D eigenvalue weighted by molar-refractivity contribution is 6.00. The minimum Gasteiger partial charge on any atom is -0.332 e. The number of ketones is 1. The van der Waals surface area contributed by atoms with E-state index in [1.807, 2.05) is 0 Å². The molecule has 4 rings (SSSR count). The number of carbonyl (C=O) groups excluding carboxylic acids is 2. The third kappa shape index (κ3) is 1.34. The van der Waals surface area contributed by atoms with E-state index < -0.39 is 0 Å². The summed E-state index contributed by atoms with van der Waals surface area (Å²) in [6, 6.07) is 0. The molecule has 0 N–H and O–H groups in total. The summed E-state index contributed by atoms with van der Waals surface area (Å²) in [7, 11) is 0. The fraction of sp³-hybridized carbons (Fsp3) is 0.750. The van der Waals surface area contributed by atoms with E-state index in [-0.39, 0.29) is 11.4 Å². The number of hydrogen-bond donors (Lipinski definition) is 0. The van der Waals surface area contributed by atoms with Crippen molar-refractivity contribution in [3.8, 4) is 0 Å². The maximum absolute atomic E-state index is 12.5. The molecular weight excluding hydrogens is 238 g/mol. The van der Waals surface area contributed by atoms with Crippen LogP contribution in [-0.4, -0.2) is 28.7 Å².